The Labute approximate surface area is 118 Å². The lowest BCUT2D eigenvalue weighted by Gasteiger charge is -2.50. The lowest BCUT2D eigenvalue weighted by molar-refractivity contribution is -0.125. The van der Waals surface area contributed by atoms with Crippen LogP contribution in [0.3, 0.4) is 0 Å². The van der Waals surface area contributed by atoms with Gasteiger partial charge in [-0.25, -0.2) is 0 Å². The van der Waals surface area contributed by atoms with Crippen molar-refractivity contribution in [2.45, 2.75) is 12.0 Å². The fraction of sp³-hybridized carbons (Fsp3) is 0.533. The van der Waals surface area contributed by atoms with E-state index in [4.69, 9.17) is 9.47 Å². The number of carbonyl (C=O) groups is 1. The summed E-state index contributed by atoms with van der Waals surface area (Å²) in [5, 5.41) is 9.44. The van der Waals surface area contributed by atoms with E-state index in [1.54, 1.807) is 30.2 Å². The Morgan fingerprint density at radius 1 is 1.55 bits per heavy atom. The first-order chi connectivity index (χ1) is 9.64. The zero-order chi connectivity index (χ0) is 14.2. The number of methoxy groups -OCH3 is 1. The minimum Gasteiger partial charge on any atom is -0.508 e. The van der Waals surface area contributed by atoms with Crippen LogP contribution in [-0.2, 0) is 9.47 Å². The van der Waals surface area contributed by atoms with E-state index < -0.39 is 0 Å². The minimum atomic E-state index is -0.220. The van der Waals surface area contributed by atoms with Crippen molar-refractivity contribution in [2.75, 3.05) is 33.4 Å². The number of hydrogen-bond donors (Lipinski definition) is 1. The van der Waals surface area contributed by atoms with Gasteiger partial charge in [-0.05, 0) is 24.6 Å². The second-order valence-electron chi connectivity index (χ2n) is 5.57. The summed E-state index contributed by atoms with van der Waals surface area (Å²) in [7, 11) is 1.69. The highest BCUT2D eigenvalue weighted by Gasteiger charge is 2.54. The fourth-order valence-electron chi connectivity index (χ4n) is 3.14. The molecule has 3 rings (SSSR count). The maximum absolute atomic E-state index is 12.3. The summed E-state index contributed by atoms with van der Waals surface area (Å²) in [4.78, 5) is 14.1. The average Bonchev–Trinajstić information content (AvgIpc) is 2.80. The molecule has 1 atom stereocenters. The first-order valence-corrected chi connectivity index (χ1v) is 6.86. The molecular weight excluding hydrogens is 258 g/mol. The highest BCUT2D eigenvalue weighted by atomic mass is 16.5. The molecule has 2 saturated heterocycles. The summed E-state index contributed by atoms with van der Waals surface area (Å²) in [5.41, 5.74) is 0.295. The van der Waals surface area contributed by atoms with E-state index in [0.717, 1.165) is 13.0 Å². The number of phenolic OH excluding ortho intramolecular Hbond substituents is 1. The molecule has 2 aliphatic rings. The molecule has 0 radical (unpaired) electrons. The van der Waals surface area contributed by atoms with E-state index >= 15 is 0 Å². The number of nitrogens with zero attached hydrogens (tertiary/aromatic N) is 1. The number of amides is 1. The summed E-state index contributed by atoms with van der Waals surface area (Å²) in [6.45, 7) is 2.63. The van der Waals surface area contributed by atoms with Crippen LogP contribution in [0, 0.1) is 5.92 Å². The topological polar surface area (TPSA) is 59.0 Å². The van der Waals surface area contributed by atoms with Crippen LogP contribution < -0.4 is 0 Å². The third-order valence-corrected chi connectivity index (χ3v) is 4.27. The molecular formula is C15H19NO4. The maximum atomic E-state index is 12.3. The third kappa shape index (κ3) is 2.17. The number of hydrogen-bond acceptors (Lipinski definition) is 4. The van der Waals surface area contributed by atoms with Gasteiger partial charge in [-0.3, -0.25) is 4.79 Å². The van der Waals surface area contributed by atoms with Gasteiger partial charge in [-0.15, -0.1) is 0 Å². The second kappa shape index (κ2) is 5.07. The van der Waals surface area contributed by atoms with E-state index in [0.29, 0.717) is 31.2 Å². The van der Waals surface area contributed by atoms with Crippen LogP contribution in [0.2, 0.25) is 0 Å². The van der Waals surface area contributed by atoms with Gasteiger partial charge in [0.25, 0.3) is 5.91 Å². The normalized spacial score (nSPS) is 23.9. The highest BCUT2D eigenvalue weighted by molar-refractivity contribution is 5.95. The molecule has 0 saturated carbocycles. The Kier molecular flexibility index (Phi) is 3.40. The molecule has 1 N–H and O–H groups in total. The molecule has 0 aromatic heterocycles. The Morgan fingerprint density at radius 2 is 2.35 bits per heavy atom. The molecule has 108 valence electrons. The summed E-state index contributed by atoms with van der Waals surface area (Å²) < 4.78 is 11.1. The van der Waals surface area contributed by atoms with Crippen LogP contribution in [0.15, 0.2) is 24.3 Å². The van der Waals surface area contributed by atoms with Crippen molar-refractivity contribution in [2.24, 2.45) is 5.92 Å². The van der Waals surface area contributed by atoms with Crippen LogP contribution in [0.5, 0.6) is 5.75 Å². The van der Waals surface area contributed by atoms with E-state index in [2.05, 4.69) is 0 Å². The first kappa shape index (κ1) is 13.4. The van der Waals surface area contributed by atoms with Crippen LogP contribution in [-0.4, -0.2) is 54.9 Å². The van der Waals surface area contributed by atoms with Crippen molar-refractivity contribution in [3.8, 4) is 5.75 Å². The maximum Gasteiger partial charge on any atom is 0.254 e. The van der Waals surface area contributed by atoms with Gasteiger partial charge in [0.05, 0.1) is 19.7 Å². The van der Waals surface area contributed by atoms with Crippen LogP contribution >= 0.6 is 0 Å². The molecule has 2 fully saturated rings. The first-order valence-electron chi connectivity index (χ1n) is 6.86. The molecule has 5 nitrogen and oxygen atoms in total. The molecule has 2 heterocycles. The third-order valence-electron chi connectivity index (χ3n) is 4.27. The number of phenols is 1. The zero-order valence-electron chi connectivity index (χ0n) is 11.5. The number of ether oxygens (including phenoxy) is 2. The van der Waals surface area contributed by atoms with Gasteiger partial charge in [0.15, 0.2) is 0 Å². The standard InChI is InChI=1S/C15H19NO4/c1-19-8-12-5-6-20-15(12)9-16(10-15)14(18)11-3-2-4-13(17)7-11/h2-4,7,12,17H,5-6,8-10H2,1H3/t12-/m1/s1. The van der Waals surface area contributed by atoms with Gasteiger partial charge in [0, 0.05) is 25.2 Å². The molecule has 0 aliphatic carbocycles. The number of rotatable bonds is 3. The fourth-order valence-corrected chi connectivity index (χ4v) is 3.14. The predicted octanol–water partition coefficient (Wildman–Crippen LogP) is 1.27. The average molecular weight is 277 g/mol. The second-order valence-corrected chi connectivity index (χ2v) is 5.57. The molecule has 2 aliphatic heterocycles. The van der Waals surface area contributed by atoms with E-state index in [-0.39, 0.29) is 17.3 Å². The Bertz CT molecular complexity index is 510. The Balaban J connectivity index is 1.66. The quantitative estimate of drug-likeness (QED) is 0.904. The van der Waals surface area contributed by atoms with E-state index in [9.17, 15) is 9.90 Å². The SMILES string of the molecule is COC[C@H]1CCOC12CN(C(=O)c1cccc(O)c1)C2. The van der Waals surface area contributed by atoms with E-state index in [1.165, 1.54) is 6.07 Å². The molecule has 1 amide bonds. The molecule has 0 unspecified atom stereocenters. The summed E-state index contributed by atoms with van der Waals surface area (Å²) in [6, 6.07) is 6.45. The van der Waals surface area contributed by atoms with Crippen molar-refractivity contribution < 1.29 is 19.4 Å². The number of benzene rings is 1. The highest BCUT2D eigenvalue weighted by Crippen LogP contribution is 2.40. The van der Waals surface area contributed by atoms with Crippen molar-refractivity contribution in [1.29, 1.82) is 0 Å². The van der Waals surface area contributed by atoms with E-state index in [1.807, 2.05) is 0 Å². The van der Waals surface area contributed by atoms with Crippen LogP contribution in [0.1, 0.15) is 16.8 Å². The van der Waals surface area contributed by atoms with Gasteiger partial charge in [0.1, 0.15) is 11.4 Å². The number of aromatic hydroxyl groups is 1. The minimum absolute atomic E-state index is 0.0572. The summed E-state index contributed by atoms with van der Waals surface area (Å²) >= 11 is 0. The van der Waals surface area contributed by atoms with Crippen molar-refractivity contribution in [1.82, 2.24) is 4.90 Å². The Morgan fingerprint density at radius 3 is 3.05 bits per heavy atom. The lowest BCUT2D eigenvalue weighted by Crippen LogP contribution is -2.66. The molecule has 5 heteroatoms. The summed E-state index contributed by atoms with van der Waals surface area (Å²) in [6.07, 6.45) is 0.988. The van der Waals surface area contributed by atoms with Crippen molar-refractivity contribution >= 4 is 5.91 Å². The van der Waals surface area contributed by atoms with Crippen LogP contribution in [0.4, 0.5) is 0 Å². The predicted molar refractivity (Wildman–Crippen MR) is 72.7 cm³/mol. The molecule has 1 spiro atoms. The van der Waals surface area contributed by atoms with Gasteiger partial charge in [-0.2, -0.15) is 0 Å². The molecule has 20 heavy (non-hydrogen) atoms. The van der Waals surface area contributed by atoms with Crippen molar-refractivity contribution in [3.63, 3.8) is 0 Å². The van der Waals surface area contributed by atoms with Crippen molar-refractivity contribution in [3.05, 3.63) is 29.8 Å². The number of carbonyl (C=O) groups excluding carboxylic acids is 1. The largest absolute Gasteiger partial charge is 0.508 e. The molecule has 0 bridgehead atoms. The monoisotopic (exact) mass is 277 g/mol. The molecule has 1 aromatic carbocycles. The Hall–Kier alpha value is -1.59. The van der Waals surface area contributed by atoms with Gasteiger partial charge in [0.2, 0.25) is 0 Å². The van der Waals surface area contributed by atoms with Gasteiger partial charge in [-0.1, -0.05) is 6.07 Å². The van der Waals surface area contributed by atoms with Gasteiger partial charge < -0.3 is 19.5 Å². The summed E-state index contributed by atoms with van der Waals surface area (Å²) in [5.74, 6) is 0.416. The zero-order valence-corrected chi connectivity index (χ0v) is 11.5. The molecule has 1 aromatic rings. The van der Waals surface area contributed by atoms with Crippen LogP contribution in [0.25, 0.3) is 0 Å². The lowest BCUT2D eigenvalue weighted by atomic mass is 9.81. The van der Waals surface area contributed by atoms with Gasteiger partial charge >= 0.3 is 0 Å². The number of likely N-dealkylation sites (tertiary alicyclic amines) is 1. The smallest absolute Gasteiger partial charge is 0.254 e.